The molecule has 2 aromatic heterocycles. The Hall–Kier alpha value is -2.81. The van der Waals surface area contributed by atoms with Gasteiger partial charge in [0.15, 0.2) is 0 Å². The fraction of sp³-hybridized carbons (Fsp3) is 0.263. The van der Waals surface area contributed by atoms with Crippen LogP contribution in [0, 0.1) is 0 Å². The summed E-state index contributed by atoms with van der Waals surface area (Å²) in [6.45, 7) is 2.66. The van der Waals surface area contributed by atoms with E-state index in [-0.39, 0.29) is 18.5 Å². The molecule has 0 bridgehead atoms. The van der Waals surface area contributed by atoms with Crippen LogP contribution in [0.5, 0.6) is 0 Å². The Bertz CT molecular complexity index is 933. The highest BCUT2D eigenvalue weighted by Crippen LogP contribution is 2.25. The third-order valence-electron chi connectivity index (χ3n) is 4.67. The van der Waals surface area contributed by atoms with E-state index in [1.54, 1.807) is 35.4 Å². The second-order valence-electron chi connectivity index (χ2n) is 6.53. The molecule has 1 unspecified atom stereocenters. The van der Waals surface area contributed by atoms with Gasteiger partial charge in [0.1, 0.15) is 12.7 Å². The van der Waals surface area contributed by atoms with Gasteiger partial charge in [0.25, 0.3) is 0 Å². The summed E-state index contributed by atoms with van der Waals surface area (Å²) in [6, 6.07) is 9.32. The van der Waals surface area contributed by atoms with E-state index in [2.05, 4.69) is 30.6 Å². The number of hydrogen-bond acceptors (Lipinski definition) is 6. The van der Waals surface area contributed by atoms with E-state index >= 15 is 0 Å². The smallest absolute Gasteiger partial charge is 0.238 e. The molecule has 0 radical (unpaired) electrons. The average Bonchev–Trinajstić information content (AvgIpc) is 3.24. The van der Waals surface area contributed by atoms with Crippen molar-refractivity contribution in [1.82, 2.24) is 30.0 Å². The molecule has 2 N–H and O–H groups in total. The van der Waals surface area contributed by atoms with E-state index in [4.69, 9.17) is 11.6 Å². The normalized spacial score (nSPS) is 17.4. The summed E-state index contributed by atoms with van der Waals surface area (Å²) in [7, 11) is 0. The topological polar surface area (TPSA) is 88.0 Å². The van der Waals surface area contributed by atoms with Crippen molar-refractivity contribution in [2.75, 3.05) is 31.5 Å². The molecule has 4 rings (SSSR count). The minimum atomic E-state index is -0.112. The Labute approximate surface area is 167 Å². The first kappa shape index (κ1) is 18.5. The van der Waals surface area contributed by atoms with E-state index in [1.165, 1.54) is 6.33 Å². The number of anilines is 1. The quantitative estimate of drug-likeness (QED) is 0.683. The van der Waals surface area contributed by atoms with Crippen LogP contribution in [-0.4, -0.2) is 56.7 Å². The highest BCUT2D eigenvalue weighted by Gasteiger charge is 2.26. The van der Waals surface area contributed by atoms with Crippen LogP contribution in [0.2, 0.25) is 5.02 Å². The largest absolute Gasteiger partial charge is 0.323 e. The van der Waals surface area contributed by atoms with E-state index in [0.717, 1.165) is 25.2 Å². The monoisotopic (exact) mass is 397 g/mol. The number of hydrogen-bond donors (Lipinski definition) is 2. The summed E-state index contributed by atoms with van der Waals surface area (Å²) >= 11 is 6.13. The van der Waals surface area contributed by atoms with Gasteiger partial charge in [-0.3, -0.25) is 14.7 Å². The Balaban J connectivity index is 1.50. The van der Waals surface area contributed by atoms with Crippen LogP contribution < -0.4 is 10.6 Å². The van der Waals surface area contributed by atoms with Crippen molar-refractivity contribution in [3.8, 4) is 5.69 Å². The van der Waals surface area contributed by atoms with Crippen LogP contribution >= 0.6 is 11.6 Å². The van der Waals surface area contributed by atoms with Gasteiger partial charge in [-0.1, -0.05) is 17.7 Å². The summed E-state index contributed by atoms with van der Waals surface area (Å²) in [6.07, 6.45) is 6.62. The van der Waals surface area contributed by atoms with Crippen LogP contribution in [0.15, 0.2) is 55.4 Å². The Morgan fingerprint density at radius 2 is 2.25 bits per heavy atom. The molecule has 1 aromatic carbocycles. The minimum Gasteiger partial charge on any atom is -0.323 e. The number of halogens is 1. The zero-order valence-electron chi connectivity index (χ0n) is 15.1. The zero-order chi connectivity index (χ0) is 19.3. The number of piperazine rings is 1. The van der Waals surface area contributed by atoms with Gasteiger partial charge >= 0.3 is 0 Å². The molecule has 0 spiro atoms. The molecule has 9 heteroatoms. The Morgan fingerprint density at radius 1 is 1.32 bits per heavy atom. The van der Waals surface area contributed by atoms with Gasteiger partial charge in [0.05, 0.1) is 17.9 Å². The number of nitrogens with one attached hydrogen (secondary N) is 2. The third-order valence-corrected chi connectivity index (χ3v) is 4.90. The molecule has 3 heterocycles. The Morgan fingerprint density at radius 3 is 3.04 bits per heavy atom. The molecular formula is C19H20ClN7O. The van der Waals surface area contributed by atoms with E-state index in [9.17, 15) is 4.79 Å². The van der Waals surface area contributed by atoms with Crippen LogP contribution in [-0.2, 0) is 4.79 Å². The van der Waals surface area contributed by atoms with Crippen molar-refractivity contribution in [3.63, 3.8) is 0 Å². The second-order valence-corrected chi connectivity index (χ2v) is 6.96. The van der Waals surface area contributed by atoms with E-state index in [1.807, 2.05) is 18.3 Å². The number of nitrogens with zero attached hydrogens (tertiary/aromatic N) is 5. The standard InChI is InChI=1S/C19H20ClN7O/c20-15-3-4-17(27-13-23-12-24-27)16(8-15)25-19(28)11-26-7-6-22-10-18(26)14-2-1-5-21-9-14/h1-5,8-9,12-13,18,22H,6-7,10-11H2,(H,25,28). The van der Waals surface area contributed by atoms with Crippen LogP contribution in [0.25, 0.3) is 5.69 Å². The molecule has 1 saturated heterocycles. The first-order chi connectivity index (χ1) is 13.7. The molecule has 0 saturated carbocycles. The van der Waals surface area contributed by atoms with Gasteiger partial charge in [-0.25, -0.2) is 9.67 Å². The number of benzene rings is 1. The molecule has 144 valence electrons. The second kappa shape index (κ2) is 8.47. The lowest BCUT2D eigenvalue weighted by molar-refractivity contribution is -0.118. The lowest BCUT2D eigenvalue weighted by Gasteiger charge is -2.35. The number of rotatable bonds is 5. The zero-order valence-corrected chi connectivity index (χ0v) is 15.9. The third kappa shape index (κ3) is 4.19. The molecule has 8 nitrogen and oxygen atoms in total. The number of aromatic nitrogens is 4. The predicted molar refractivity (Wildman–Crippen MR) is 106 cm³/mol. The van der Waals surface area contributed by atoms with Crippen molar-refractivity contribution in [1.29, 1.82) is 0 Å². The first-order valence-electron chi connectivity index (χ1n) is 9.00. The fourth-order valence-corrected chi connectivity index (χ4v) is 3.52. The van der Waals surface area contributed by atoms with Gasteiger partial charge < -0.3 is 10.6 Å². The number of amides is 1. The van der Waals surface area contributed by atoms with Gasteiger partial charge in [0.2, 0.25) is 5.91 Å². The van der Waals surface area contributed by atoms with Crippen LogP contribution in [0.4, 0.5) is 5.69 Å². The summed E-state index contributed by atoms with van der Waals surface area (Å²) in [4.78, 5) is 23.1. The summed E-state index contributed by atoms with van der Waals surface area (Å²) < 4.78 is 1.59. The minimum absolute atomic E-state index is 0.0994. The molecule has 0 aliphatic carbocycles. The maximum atomic E-state index is 12.8. The van der Waals surface area contributed by atoms with Gasteiger partial charge in [-0.05, 0) is 29.8 Å². The van der Waals surface area contributed by atoms with Gasteiger partial charge in [-0.15, -0.1) is 0 Å². The average molecular weight is 398 g/mol. The summed E-state index contributed by atoms with van der Waals surface area (Å²) in [5.41, 5.74) is 2.39. The molecule has 28 heavy (non-hydrogen) atoms. The molecule has 1 amide bonds. The molecule has 3 aromatic rings. The number of carbonyl (C=O) groups excluding carboxylic acids is 1. The number of carbonyl (C=O) groups is 1. The lowest BCUT2D eigenvalue weighted by atomic mass is 10.1. The molecule has 1 aliphatic heterocycles. The fourth-order valence-electron chi connectivity index (χ4n) is 3.35. The molecule has 1 fully saturated rings. The highest BCUT2D eigenvalue weighted by atomic mass is 35.5. The van der Waals surface area contributed by atoms with E-state index < -0.39 is 0 Å². The highest BCUT2D eigenvalue weighted by molar-refractivity contribution is 6.31. The van der Waals surface area contributed by atoms with Gasteiger partial charge in [0, 0.05) is 43.1 Å². The molecule has 1 aliphatic rings. The first-order valence-corrected chi connectivity index (χ1v) is 9.37. The van der Waals surface area contributed by atoms with E-state index in [0.29, 0.717) is 16.4 Å². The molecule has 1 atom stereocenters. The maximum absolute atomic E-state index is 12.8. The summed E-state index contributed by atoms with van der Waals surface area (Å²) in [5.74, 6) is -0.112. The van der Waals surface area contributed by atoms with Gasteiger partial charge in [-0.2, -0.15) is 5.10 Å². The van der Waals surface area contributed by atoms with Crippen molar-refractivity contribution < 1.29 is 4.79 Å². The summed E-state index contributed by atoms with van der Waals surface area (Å²) in [5, 5.41) is 11.0. The van der Waals surface area contributed by atoms with Crippen LogP contribution in [0.1, 0.15) is 11.6 Å². The van der Waals surface area contributed by atoms with Crippen molar-refractivity contribution in [2.24, 2.45) is 0 Å². The van der Waals surface area contributed by atoms with Crippen molar-refractivity contribution >= 4 is 23.2 Å². The maximum Gasteiger partial charge on any atom is 0.238 e. The predicted octanol–water partition coefficient (Wildman–Crippen LogP) is 1.90. The molecular weight excluding hydrogens is 378 g/mol. The van der Waals surface area contributed by atoms with Crippen molar-refractivity contribution in [3.05, 3.63) is 66.0 Å². The van der Waals surface area contributed by atoms with Crippen molar-refractivity contribution in [2.45, 2.75) is 6.04 Å². The number of pyridine rings is 1. The SMILES string of the molecule is O=C(CN1CCNCC1c1cccnc1)Nc1cc(Cl)ccc1-n1cncn1. The Kier molecular flexibility index (Phi) is 5.61. The lowest BCUT2D eigenvalue weighted by Crippen LogP contribution is -2.48. The van der Waals surface area contributed by atoms with Crippen LogP contribution in [0.3, 0.4) is 0 Å².